The molecule has 0 aromatic heterocycles. The first-order valence-electron chi connectivity index (χ1n) is 5.15. The van der Waals surface area contributed by atoms with Gasteiger partial charge in [0.25, 0.3) is 0 Å². The third-order valence-electron chi connectivity index (χ3n) is 2.00. The first-order valence-corrected chi connectivity index (χ1v) is 5.15. The lowest BCUT2D eigenvalue weighted by Crippen LogP contribution is -2.44. The number of carboxylic acid groups (broad SMARTS) is 2. The van der Waals surface area contributed by atoms with Gasteiger partial charge in [-0.05, 0) is 6.42 Å². The molecule has 0 aromatic rings. The molecule has 98 valence electrons. The van der Waals surface area contributed by atoms with E-state index in [4.69, 9.17) is 10.2 Å². The maximum absolute atomic E-state index is 11.4. The number of ether oxygens (including phenoxy) is 1. The topological polar surface area (TPSA) is 121 Å². The number of aliphatic hydroxyl groups is 1. The molecule has 0 bridgehead atoms. The van der Waals surface area contributed by atoms with Crippen LogP contribution in [0, 0.1) is 0 Å². The van der Waals surface area contributed by atoms with E-state index in [-0.39, 0.29) is 6.61 Å². The molecule has 7 heteroatoms. The molecule has 0 amide bonds. The number of carboxylic acids is 2. The van der Waals surface area contributed by atoms with Gasteiger partial charge in [0.05, 0.1) is 19.4 Å². The van der Waals surface area contributed by atoms with Gasteiger partial charge in [-0.1, -0.05) is 13.3 Å². The lowest BCUT2D eigenvalue weighted by atomic mass is 9.96. The van der Waals surface area contributed by atoms with Crippen molar-refractivity contribution in [1.82, 2.24) is 0 Å². The molecule has 7 nitrogen and oxygen atoms in total. The van der Waals surface area contributed by atoms with Gasteiger partial charge in [0, 0.05) is 0 Å². The van der Waals surface area contributed by atoms with Gasteiger partial charge in [0.2, 0.25) is 0 Å². The fourth-order valence-electron chi connectivity index (χ4n) is 1.15. The largest absolute Gasteiger partial charge is 0.481 e. The highest BCUT2D eigenvalue weighted by Crippen LogP contribution is 2.18. The summed E-state index contributed by atoms with van der Waals surface area (Å²) in [6.45, 7) is 1.88. The number of carbonyl (C=O) groups is 3. The van der Waals surface area contributed by atoms with E-state index in [0.29, 0.717) is 6.42 Å². The summed E-state index contributed by atoms with van der Waals surface area (Å²) < 4.78 is 4.63. The lowest BCUT2D eigenvalue weighted by Gasteiger charge is -2.22. The third kappa shape index (κ3) is 5.86. The summed E-state index contributed by atoms with van der Waals surface area (Å²) >= 11 is 0. The van der Waals surface area contributed by atoms with Crippen molar-refractivity contribution in [2.24, 2.45) is 0 Å². The molecule has 0 fully saturated rings. The van der Waals surface area contributed by atoms with E-state index < -0.39 is 36.4 Å². The maximum atomic E-state index is 11.4. The van der Waals surface area contributed by atoms with Crippen molar-refractivity contribution in [2.45, 2.75) is 38.2 Å². The van der Waals surface area contributed by atoms with Crippen LogP contribution in [0.4, 0.5) is 0 Å². The van der Waals surface area contributed by atoms with Crippen molar-refractivity contribution >= 4 is 17.9 Å². The van der Waals surface area contributed by atoms with Crippen LogP contribution in [0.15, 0.2) is 0 Å². The van der Waals surface area contributed by atoms with Crippen LogP contribution in [0.1, 0.15) is 32.6 Å². The monoisotopic (exact) mass is 248 g/mol. The van der Waals surface area contributed by atoms with E-state index in [2.05, 4.69) is 4.74 Å². The second-order valence-corrected chi connectivity index (χ2v) is 3.66. The van der Waals surface area contributed by atoms with Crippen molar-refractivity contribution in [1.29, 1.82) is 0 Å². The molecule has 0 aliphatic rings. The minimum Gasteiger partial charge on any atom is -0.481 e. The average molecular weight is 248 g/mol. The second-order valence-electron chi connectivity index (χ2n) is 3.66. The number of hydrogen-bond acceptors (Lipinski definition) is 5. The van der Waals surface area contributed by atoms with E-state index in [1.807, 2.05) is 6.92 Å². The first-order chi connectivity index (χ1) is 7.81. The van der Waals surface area contributed by atoms with Crippen molar-refractivity contribution in [3.63, 3.8) is 0 Å². The van der Waals surface area contributed by atoms with Crippen molar-refractivity contribution in [2.75, 3.05) is 6.61 Å². The number of hydrogen-bond donors (Lipinski definition) is 3. The fourth-order valence-corrected chi connectivity index (χ4v) is 1.15. The van der Waals surface area contributed by atoms with Crippen LogP contribution < -0.4 is 0 Å². The van der Waals surface area contributed by atoms with Gasteiger partial charge >= 0.3 is 17.9 Å². The van der Waals surface area contributed by atoms with Gasteiger partial charge in [-0.25, -0.2) is 4.79 Å². The summed E-state index contributed by atoms with van der Waals surface area (Å²) in [6.07, 6.45) is -0.681. The zero-order valence-electron chi connectivity index (χ0n) is 9.51. The molecule has 0 atom stereocenters. The Balaban J connectivity index is 4.60. The standard InChI is InChI=1S/C10H16O7/c1-2-3-4-17-9(15)10(16,5-7(11)12)6-8(13)14/h16H,2-6H2,1H3,(H,11,12)(H,13,14). The summed E-state index contributed by atoms with van der Waals surface area (Å²) in [5.41, 5.74) is -2.51. The van der Waals surface area contributed by atoms with Gasteiger partial charge in [0.1, 0.15) is 0 Å². The number of esters is 1. The molecule has 0 saturated heterocycles. The van der Waals surface area contributed by atoms with Crippen LogP contribution in [0.5, 0.6) is 0 Å². The predicted molar refractivity (Wildman–Crippen MR) is 55.3 cm³/mol. The molecule has 0 saturated carbocycles. The third-order valence-corrected chi connectivity index (χ3v) is 2.00. The molecule has 0 aromatic carbocycles. The molecule has 17 heavy (non-hydrogen) atoms. The summed E-state index contributed by atoms with van der Waals surface area (Å²) in [5.74, 6) is -4.15. The predicted octanol–water partition coefficient (Wildman–Crippen LogP) is 0.0102. The quantitative estimate of drug-likeness (QED) is 0.408. The number of aliphatic carboxylic acids is 2. The normalized spacial score (nSPS) is 10.9. The Morgan fingerprint density at radius 3 is 1.94 bits per heavy atom. The van der Waals surface area contributed by atoms with Gasteiger partial charge < -0.3 is 20.1 Å². The number of rotatable bonds is 8. The molecule has 0 unspecified atom stereocenters. The Hall–Kier alpha value is -1.63. The maximum Gasteiger partial charge on any atom is 0.339 e. The first kappa shape index (κ1) is 15.4. The van der Waals surface area contributed by atoms with E-state index in [9.17, 15) is 19.5 Å². The minimum absolute atomic E-state index is 0.0247. The zero-order valence-corrected chi connectivity index (χ0v) is 9.51. The highest BCUT2D eigenvalue weighted by atomic mass is 16.5. The molecule has 0 rings (SSSR count). The van der Waals surface area contributed by atoms with Crippen LogP contribution in [0.25, 0.3) is 0 Å². The Bertz CT molecular complexity index is 281. The van der Waals surface area contributed by atoms with Crippen molar-refractivity contribution in [3.8, 4) is 0 Å². The van der Waals surface area contributed by atoms with Crippen LogP contribution in [0.3, 0.4) is 0 Å². The van der Waals surface area contributed by atoms with Crippen LogP contribution in [-0.2, 0) is 19.1 Å². The number of carbonyl (C=O) groups excluding carboxylic acids is 1. The summed E-state index contributed by atoms with van der Waals surface area (Å²) in [5, 5.41) is 26.7. The molecule has 0 radical (unpaired) electrons. The van der Waals surface area contributed by atoms with E-state index in [1.54, 1.807) is 0 Å². The highest BCUT2D eigenvalue weighted by molar-refractivity contribution is 5.89. The summed E-state index contributed by atoms with van der Waals surface area (Å²) in [7, 11) is 0. The Labute approximate surface area is 98.0 Å². The van der Waals surface area contributed by atoms with Gasteiger partial charge in [0.15, 0.2) is 5.60 Å². The van der Waals surface area contributed by atoms with Gasteiger partial charge in [-0.3, -0.25) is 9.59 Å². The lowest BCUT2D eigenvalue weighted by molar-refractivity contribution is -0.175. The Morgan fingerprint density at radius 1 is 1.12 bits per heavy atom. The highest BCUT2D eigenvalue weighted by Gasteiger charge is 2.42. The average Bonchev–Trinajstić information content (AvgIpc) is 2.15. The van der Waals surface area contributed by atoms with Gasteiger partial charge in [-0.2, -0.15) is 0 Å². The van der Waals surface area contributed by atoms with E-state index in [1.165, 1.54) is 0 Å². The van der Waals surface area contributed by atoms with Crippen molar-refractivity contribution in [3.05, 3.63) is 0 Å². The fraction of sp³-hybridized carbons (Fsp3) is 0.700. The molecular weight excluding hydrogens is 232 g/mol. The smallest absolute Gasteiger partial charge is 0.339 e. The van der Waals surface area contributed by atoms with E-state index >= 15 is 0 Å². The summed E-state index contributed by atoms with van der Waals surface area (Å²) in [4.78, 5) is 32.4. The van der Waals surface area contributed by atoms with Crippen molar-refractivity contribution < 1.29 is 34.4 Å². The van der Waals surface area contributed by atoms with Gasteiger partial charge in [-0.15, -0.1) is 0 Å². The SMILES string of the molecule is CCCCOC(=O)C(O)(CC(=O)O)CC(=O)O. The van der Waals surface area contributed by atoms with Crippen LogP contribution in [0.2, 0.25) is 0 Å². The minimum atomic E-state index is -2.51. The molecular formula is C10H16O7. The summed E-state index contributed by atoms with van der Waals surface area (Å²) in [6, 6.07) is 0. The zero-order chi connectivity index (χ0) is 13.5. The molecule has 3 N–H and O–H groups in total. The van der Waals surface area contributed by atoms with E-state index in [0.717, 1.165) is 6.42 Å². The molecule has 0 heterocycles. The molecule has 0 aliphatic carbocycles. The van der Waals surface area contributed by atoms with Crippen LogP contribution in [-0.4, -0.2) is 45.4 Å². The number of unbranched alkanes of at least 4 members (excludes halogenated alkanes) is 1. The Kier molecular flexibility index (Phi) is 6.19. The Morgan fingerprint density at radius 2 is 1.59 bits per heavy atom. The second kappa shape index (κ2) is 6.85. The van der Waals surface area contributed by atoms with Crippen LogP contribution >= 0.6 is 0 Å². The molecule has 0 spiro atoms. The molecule has 0 aliphatic heterocycles.